The van der Waals surface area contributed by atoms with Crippen LogP contribution in [0, 0.1) is 0 Å². The van der Waals surface area contributed by atoms with Gasteiger partial charge >= 0.3 is 0 Å². The van der Waals surface area contributed by atoms with Crippen LogP contribution in [0.15, 0.2) is 0 Å². The Balaban J connectivity index is 3.60. The Morgan fingerprint density at radius 1 is 1.00 bits per heavy atom. The first-order chi connectivity index (χ1) is 4.72. The fourth-order valence-corrected chi connectivity index (χ4v) is 1.27. The molecule has 0 saturated carbocycles. The Labute approximate surface area is 69.1 Å². The van der Waals surface area contributed by atoms with E-state index in [0.717, 1.165) is 0 Å². The first-order valence-electron chi connectivity index (χ1n) is 2.76. The first-order valence-corrected chi connectivity index (χ1v) is 5.55. The summed E-state index contributed by atoms with van der Waals surface area (Å²) in [5.74, 6) is 0.113. The number of hydrogen-bond acceptors (Lipinski definition) is 4. The van der Waals surface area contributed by atoms with Crippen LogP contribution in [0.4, 0.5) is 0 Å². The van der Waals surface area contributed by atoms with Gasteiger partial charge in [0, 0.05) is 0 Å². The number of thioether (sulfide) groups is 2. The van der Waals surface area contributed by atoms with E-state index < -0.39 is 0 Å². The van der Waals surface area contributed by atoms with Crippen LogP contribution in [0.1, 0.15) is 0 Å². The van der Waals surface area contributed by atoms with Gasteiger partial charge < -0.3 is 0 Å². The predicted molar refractivity (Wildman–Crippen MR) is 46.8 cm³/mol. The molecule has 0 radical (unpaired) electrons. The van der Waals surface area contributed by atoms with E-state index in [2.05, 4.69) is 0 Å². The summed E-state index contributed by atoms with van der Waals surface area (Å²) in [7, 11) is 0. The van der Waals surface area contributed by atoms with Gasteiger partial charge in [-0.2, -0.15) is 23.5 Å². The second-order valence-electron chi connectivity index (χ2n) is 1.71. The number of ketones is 2. The highest BCUT2D eigenvalue weighted by molar-refractivity contribution is 8.00. The molecule has 0 spiro atoms. The molecule has 10 heavy (non-hydrogen) atoms. The number of Topliss-reactive ketones (excluding diaryl/α,β-unsaturated/α-hetero) is 2. The van der Waals surface area contributed by atoms with Gasteiger partial charge in [-0.3, -0.25) is 9.59 Å². The molecule has 0 N–H and O–H groups in total. The van der Waals surface area contributed by atoms with Gasteiger partial charge in [0.2, 0.25) is 11.6 Å². The zero-order chi connectivity index (χ0) is 7.98. The summed E-state index contributed by atoms with van der Waals surface area (Å²) in [5.41, 5.74) is 0. The van der Waals surface area contributed by atoms with Gasteiger partial charge in [-0.05, 0) is 12.5 Å². The number of carbonyl (C=O) groups excluding carboxylic acids is 2. The fourth-order valence-electron chi connectivity index (χ4n) is 0.423. The highest BCUT2D eigenvalue weighted by atomic mass is 32.2. The molecular weight excluding hydrogens is 168 g/mol. The molecule has 0 heterocycles. The molecule has 2 nitrogen and oxygen atoms in total. The standard InChI is InChI=1S/C6H10O2S2/c1-9-3-5(7)6(8)4-10-2/h3-4H2,1-2H3. The molecule has 0 aromatic carbocycles. The van der Waals surface area contributed by atoms with Crippen molar-refractivity contribution in [2.75, 3.05) is 24.0 Å². The minimum atomic E-state index is -0.262. The maximum atomic E-state index is 10.7. The Kier molecular flexibility index (Phi) is 5.82. The van der Waals surface area contributed by atoms with Crippen molar-refractivity contribution in [3.05, 3.63) is 0 Å². The molecule has 0 atom stereocenters. The largest absolute Gasteiger partial charge is 0.290 e. The van der Waals surface area contributed by atoms with Crippen molar-refractivity contribution in [3.63, 3.8) is 0 Å². The Morgan fingerprint density at radius 2 is 1.30 bits per heavy atom. The molecule has 0 fully saturated rings. The smallest absolute Gasteiger partial charge is 0.209 e. The molecule has 58 valence electrons. The van der Waals surface area contributed by atoms with Crippen molar-refractivity contribution >= 4 is 35.1 Å². The van der Waals surface area contributed by atoms with Gasteiger partial charge in [0.05, 0.1) is 11.5 Å². The van der Waals surface area contributed by atoms with Gasteiger partial charge in [-0.1, -0.05) is 0 Å². The van der Waals surface area contributed by atoms with E-state index in [1.165, 1.54) is 23.5 Å². The van der Waals surface area contributed by atoms with E-state index in [9.17, 15) is 9.59 Å². The van der Waals surface area contributed by atoms with Crippen molar-refractivity contribution < 1.29 is 9.59 Å². The Bertz CT molecular complexity index is 118. The topological polar surface area (TPSA) is 34.1 Å². The second-order valence-corrected chi connectivity index (χ2v) is 3.44. The van der Waals surface area contributed by atoms with Gasteiger partial charge in [-0.15, -0.1) is 0 Å². The average Bonchev–Trinajstić information content (AvgIpc) is 1.89. The molecule has 0 aliphatic rings. The van der Waals surface area contributed by atoms with E-state index in [1.807, 2.05) is 12.5 Å². The third-order valence-corrected chi connectivity index (χ3v) is 1.96. The van der Waals surface area contributed by atoms with Crippen molar-refractivity contribution in [2.24, 2.45) is 0 Å². The summed E-state index contributed by atoms with van der Waals surface area (Å²) in [5, 5.41) is 0. The lowest BCUT2D eigenvalue weighted by Crippen LogP contribution is -2.17. The number of hydrogen-bond donors (Lipinski definition) is 0. The van der Waals surface area contributed by atoms with E-state index in [0.29, 0.717) is 11.5 Å². The monoisotopic (exact) mass is 178 g/mol. The van der Waals surface area contributed by atoms with Crippen LogP contribution in [0.2, 0.25) is 0 Å². The van der Waals surface area contributed by atoms with Gasteiger partial charge in [0.15, 0.2) is 0 Å². The normalized spacial score (nSPS) is 9.40. The zero-order valence-electron chi connectivity index (χ0n) is 6.05. The van der Waals surface area contributed by atoms with Crippen molar-refractivity contribution in [2.45, 2.75) is 0 Å². The maximum absolute atomic E-state index is 10.7. The molecule has 0 aromatic heterocycles. The highest BCUT2D eigenvalue weighted by Gasteiger charge is 2.10. The molecule has 0 bridgehead atoms. The molecule has 0 aromatic rings. The molecule has 0 saturated heterocycles. The van der Waals surface area contributed by atoms with Crippen molar-refractivity contribution in [1.82, 2.24) is 0 Å². The van der Waals surface area contributed by atoms with E-state index in [4.69, 9.17) is 0 Å². The summed E-state index contributed by atoms with van der Waals surface area (Å²) >= 11 is 2.77. The summed E-state index contributed by atoms with van der Waals surface area (Å²) in [6, 6.07) is 0. The summed E-state index contributed by atoms with van der Waals surface area (Å²) in [6.45, 7) is 0. The van der Waals surface area contributed by atoms with Crippen molar-refractivity contribution in [1.29, 1.82) is 0 Å². The van der Waals surface area contributed by atoms with E-state index >= 15 is 0 Å². The molecule has 0 amide bonds. The fraction of sp³-hybridized carbons (Fsp3) is 0.667. The highest BCUT2D eigenvalue weighted by Crippen LogP contribution is 1.97. The van der Waals surface area contributed by atoms with Gasteiger partial charge in [-0.25, -0.2) is 0 Å². The van der Waals surface area contributed by atoms with Crippen LogP contribution in [0.25, 0.3) is 0 Å². The minimum absolute atomic E-state index is 0.262. The van der Waals surface area contributed by atoms with E-state index in [1.54, 1.807) is 0 Å². The molecular formula is C6H10O2S2. The average molecular weight is 178 g/mol. The Hall–Kier alpha value is 0.0400. The zero-order valence-corrected chi connectivity index (χ0v) is 7.68. The molecule has 4 heteroatoms. The van der Waals surface area contributed by atoms with Crippen LogP contribution in [0.3, 0.4) is 0 Å². The van der Waals surface area contributed by atoms with Gasteiger partial charge in [0.1, 0.15) is 0 Å². The molecule has 0 rings (SSSR count). The predicted octanol–water partition coefficient (Wildman–Crippen LogP) is 0.851. The Morgan fingerprint density at radius 3 is 1.50 bits per heavy atom. The minimum Gasteiger partial charge on any atom is -0.290 e. The van der Waals surface area contributed by atoms with Crippen LogP contribution in [-0.2, 0) is 9.59 Å². The lowest BCUT2D eigenvalue weighted by atomic mass is 10.3. The second kappa shape index (κ2) is 5.80. The summed E-state index contributed by atoms with van der Waals surface area (Å²) < 4.78 is 0. The lowest BCUT2D eigenvalue weighted by molar-refractivity contribution is -0.133. The SMILES string of the molecule is CSCC(=O)C(=O)CSC. The molecule has 0 aliphatic carbocycles. The summed E-state index contributed by atoms with van der Waals surface area (Å²) in [4.78, 5) is 21.5. The van der Waals surface area contributed by atoms with Crippen molar-refractivity contribution in [3.8, 4) is 0 Å². The third-order valence-electron chi connectivity index (χ3n) is 0.862. The summed E-state index contributed by atoms with van der Waals surface area (Å²) in [6.07, 6.45) is 3.62. The van der Waals surface area contributed by atoms with Crippen LogP contribution in [-0.4, -0.2) is 35.6 Å². The lowest BCUT2D eigenvalue weighted by Gasteiger charge is -1.93. The van der Waals surface area contributed by atoms with Gasteiger partial charge in [0.25, 0.3) is 0 Å². The van der Waals surface area contributed by atoms with Crippen LogP contribution >= 0.6 is 23.5 Å². The van der Waals surface area contributed by atoms with Crippen LogP contribution < -0.4 is 0 Å². The third kappa shape index (κ3) is 3.95. The molecule has 0 unspecified atom stereocenters. The number of carbonyl (C=O) groups is 2. The van der Waals surface area contributed by atoms with E-state index in [-0.39, 0.29) is 11.6 Å². The first kappa shape index (κ1) is 10.0. The maximum Gasteiger partial charge on any atom is 0.209 e. The molecule has 0 aliphatic heterocycles. The van der Waals surface area contributed by atoms with Crippen LogP contribution in [0.5, 0.6) is 0 Å². The number of rotatable bonds is 5. The quantitative estimate of drug-likeness (QED) is 0.585.